The summed E-state index contributed by atoms with van der Waals surface area (Å²) in [5, 5.41) is 0. The summed E-state index contributed by atoms with van der Waals surface area (Å²) in [6.07, 6.45) is -10.0. The van der Waals surface area contributed by atoms with Crippen molar-refractivity contribution in [3.05, 3.63) is 23.8 Å². The molecule has 1 atom stereocenters. The van der Waals surface area contributed by atoms with Crippen LogP contribution in [0, 0.1) is 0 Å². The topological polar surface area (TPSA) is 44.5 Å². The number of benzene rings is 1. The summed E-state index contributed by atoms with van der Waals surface area (Å²) >= 11 is 0. The lowest BCUT2D eigenvalue weighted by Crippen LogP contribution is -2.19. The first-order valence-corrected chi connectivity index (χ1v) is 4.88. The molecule has 0 saturated heterocycles. The lowest BCUT2D eigenvalue weighted by molar-refractivity contribution is -0.276. The zero-order valence-corrected chi connectivity index (χ0v) is 9.47. The fourth-order valence-corrected chi connectivity index (χ4v) is 1.24. The number of hydrogen-bond donors (Lipinski definition) is 1. The predicted octanol–water partition coefficient (Wildman–Crippen LogP) is 3.50. The van der Waals surface area contributed by atoms with E-state index in [9.17, 15) is 26.3 Å². The van der Waals surface area contributed by atoms with Crippen molar-refractivity contribution in [1.29, 1.82) is 0 Å². The monoisotopic (exact) mass is 289 g/mol. The van der Waals surface area contributed by atoms with Gasteiger partial charge in [0.15, 0.2) is 0 Å². The van der Waals surface area contributed by atoms with Gasteiger partial charge in [-0.2, -0.15) is 0 Å². The Hall–Kier alpha value is -1.64. The van der Waals surface area contributed by atoms with E-state index in [0.717, 1.165) is 12.1 Å². The van der Waals surface area contributed by atoms with Crippen LogP contribution in [0.5, 0.6) is 11.5 Å². The number of ether oxygens (including phenoxy) is 2. The van der Waals surface area contributed by atoms with Gasteiger partial charge in [-0.25, -0.2) is 0 Å². The number of halogens is 6. The van der Waals surface area contributed by atoms with Crippen LogP contribution in [0.3, 0.4) is 0 Å². The highest BCUT2D eigenvalue weighted by Crippen LogP contribution is 2.32. The summed E-state index contributed by atoms with van der Waals surface area (Å²) in [6, 6.07) is 1.47. The van der Waals surface area contributed by atoms with Gasteiger partial charge in [0, 0.05) is 12.1 Å². The van der Waals surface area contributed by atoms with Gasteiger partial charge in [0.25, 0.3) is 0 Å². The van der Waals surface area contributed by atoms with Crippen molar-refractivity contribution < 1.29 is 35.8 Å². The van der Waals surface area contributed by atoms with Gasteiger partial charge >= 0.3 is 12.7 Å². The zero-order valence-electron chi connectivity index (χ0n) is 9.47. The highest BCUT2D eigenvalue weighted by Gasteiger charge is 2.34. The molecule has 1 rings (SSSR count). The Kier molecular flexibility index (Phi) is 4.18. The minimum atomic E-state index is -5.02. The van der Waals surface area contributed by atoms with Crippen molar-refractivity contribution in [1.82, 2.24) is 0 Å². The van der Waals surface area contributed by atoms with Gasteiger partial charge in [0.05, 0.1) is 0 Å². The Labute approximate surface area is 103 Å². The molecule has 0 aliphatic rings. The smallest absolute Gasteiger partial charge is 0.406 e. The molecule has 1 aromatic carbocycles. The summed E-state index contributed by atoms with van der Waals surface area (Å²) in [5.74, 6) is -1.66. The first-order chi connectivity index (χ1) is 8.46. The van der Waals surface area contributed by atoms with Crippen molar-refractivity contribution in [2.45, 2.75) is 25.7 Å². The molecule has 0 aliphatic carbocycles. The molecule has 0 aromatic heterocycles. The van der Waals surface area contributed by atoms with Gasteiger partial charge in [-0.05, 0) is 24.6 Å². The van der Waals surface area contributed by atoms with E-state index in [1.54, 1.807) is 0 Å². The Bertz CT molecular complexity index is 406. The second-order valence-corrected chi connectivity index (χ2v) is 3.62. The molecule has 3 nitrogen and oxygen atoms in total. The van der Waals surface area contributed by atoms with Crippen LogP contribution in [-0.4, -0.2) is 12.7 Å². The summed E-state index contributed by atoms with van der Waals surface area (Å²) in [7, 11) is 0. The second kappa shape index (κ2) is 5.16. The van der Waals surface area contributed by atoms with Crippen LogP contribution in [-0.2, 0) is 0 Å². The predicted molar refractivity (Wildman–Crippen MR) is 52.4 cm³/mol. The Morgan fingerprint density at radius 2 is 1.26 bits per heavy atom. The first-order valence-electron chi connectivity index (χ1n) is 4.88. The Balaban J connectivity index is 3.11. The number of nitrogens with two attached hydrogens (primary N) is 1. The van der Waals surface area contributed by atoms with Gasteiger partial charge in [-0.1, -0.05) is 0 Å². The molecule has 1 unspecified atom stereocenters. The third kappa shape index (κ3) is 5.69. The van der Waals surface area contributed by atoms with Crippen molar-refractivity contribution >= 4 is 0 Å². The van der Waals surface area contributed by atoms with Crippen LogP contribution in [0.15, 0.2) is 18.2 Å². The van der Waals surface area contributed by atoms with E-state index in [-0.39, 0.29) is 5.56 Å². The maximum atomic E-state index is 12.0. The molecule has 0 saturated carbocycles. The van der Waals surface area contributed by atoms with Gasteiger partial charge in [-0.15, -0.1) is 26.3 Å². The molecule has 2 N–H and O–H groups in total. The third-order valence-electron chi connectivity index (χ3n) is 1.90. The standard InChI is InChI=1S/C10H9F6NO2/c1-5(17)6-2-7(18-9(11,12)13)4-8(3-6)19-10(14,15)16/h2-5H,17H2,1H3. The maximum absolute atomic E-state index is 12.0. The van der Waals surface area contributed by atoms with E-state index in [2.05, 4.69) is 9.47 Å². The van der Waals surface area contributed by atoms with E-state index >= 15 is 0 Å². The molecule has 0 radical (unpaired) electrons. The third-order valence-corrected chi connectivity index (χ3v) is 1.90. The fourth-order valence-electron chi connectivity index (χ4n) is 1.24. The average Bonchev–Trinajstić information content (AvgIpc) is 2.10. The fraction of sp³-hybridized carbons (Fsp3) is 0.400. The quantitative estimate of drug-likeness (QED) is 0.866. The number of rotatable bonds is 3. The summed E-state index contributed by atoms with van der Waals surface area (Å²) in [6.45, 7) is 1.39. The highest BCUT2D eigenvalue weighted by molar-refractivity contribution is 5.39. The van der Waals surface area contributed by atoms with Crippen molar-refractivity contribution in [2.75, 3.05) is 0 Å². The van der Waals surface area contributed by atoms with Crippen LogP contribution in [0.25, 0.3) is 0 Å². The van der Waals surface area contributed by atoms with Crippen LogP contribution in [0.2, 0.25) is 0 Å². The lowest BCUT2D eigenvalue weighted by atomic mass is 10.1. The van der Waals surface area contributed by atoms with Gasteiger partial charge in [-0.3, -0.25) is 0 Å². The largest absolute Gasteiger partial charge is 0.573 e. The molecule has 19 heavy (non-hydrogen) atoms. The molecule has 0 fully saturated rings. The minimum absolute atomic E-state index is 0.0148. The van der Waals surface area contributed by atoms with Gasteiger partial charge in [0.2, 0.25) is 0 Å². The highest BCUT2D eigenvalue weighted by atomic mass is 19.4. The summed E-state index contributed by atoms with van der Waals surface area (Å²) in [5.41, 5.74) is 5.42. The molecule has 0 amide bonds. The second-order valence-electron chi connectivity index (χ2n) is 3.62. The minimum Gasteiger partial charge on any atom is -0.406 e. The van der Waals surface area contributed by atoms with Crippen LogP contribution >= 0.6 is 0 Å². The van der Waals surface area contributed by atoms with Gasteiger partial charge in [0.1, 0.15) is 11.5 Å². The average molecular weight is 289 g/mol. The van der Waals surface area contributed by atoms with E-state index in [4.69, 9.17) is 5.73 Å². The molecular weight excluding hydrogens is 280 g/mol. The Morgan fingerprint density at radius 1 is 0.895 bits per heavy atom. The molecular formula is C10H9F6NO2. The maximum Gasteiger partial charge on any atom is 0.573 e. The van der Waals surface area contributed by atoms with E-state index in [1.165, 1.54) is 6.92 Å². The normalized spacial score (nSPS) is 14.1. The summed E-state index contributed by atoms with van der Waals surface area (Å²) < 4.78 is 79.3. The number of alkyl halides is 6. The lowest BCUT2D eigenvalue weighted by Gasteiger charge is -2.15. The van der Waals surface area contributed by atoms with E-state index in [0.29, 0.717) is 6.07 Å². The van der Waals surface area contributed by atoms with Gasteiger partial charge < -0.3 is 15.2 Å². The molecule has 0 bridgehead atoms. The SMILES string of the molecule is CC(N)c1cc(OC(F)(F)F)cc(OC(F)(F)F)c1. The molecule has 0 aliphatic heterocycles. The molecule has 0 spiro atoms. The van der Waals surface area contributed by atoms with Crippen molar-refractivity contribution in [3.8, 4) is 11.5 Å². The van der Waals surface area contributed by atoms with E-state index in [1.807, 2.05) is 0 Å². The number of hydrogen-bond acceptors (Lipinski definition) is 3. The summed E-state index contributed by atoms with van der Waals surface area (Å²) in [4.78, 5) is 0. The first kappa shape index (κ1) is 15.4. The zero-order chi connectivity index (χ0) is 14.8. The van der Waals surface area contributed by atoms with Crippen molar-refractivity contribution in [2.24, 2.45) is 5.73 Å². The van der Waals surface area contributed by atoms with Crippen LogP contribution in [0.4, 0.5) is 26.3 Å². The Morgan fingerprint density at radius 3 is 1.53 bits per heavy atom. The molecule has 1 aromatic rings. The molecule has 9 heteroatoms. The van der Waals surface area contributed by atoms with Crippen LogP contribution in [0.1, 0.15) is 18.5 Å². The van der Waals surface area contributed by atoms with E-state index < -0.39 is 30.3 Å². The molecule has 108 valence electrons. The van der Waals surface area contributed by atoms with Crippen molar-refractivity contribution in [3.63, 3.8) is 0 Å². The van der Waals surface area contributed by atoms with Crippen LogP contribution < -0.4 is 15.2 Å². The molecule has 0 heterocycles.